The van der Waals surface area contributed by atoms with Crippen LogP contribution in [0.5, 0.6) is 0 Å². The maximum Gasteiger partial charge on any atom is 0.259 e. The predicted octanol–water partition coefficient (Wildman–Crippen LogP) is 4.09. The van der Waals surface area contributed by atoms with Crippen molar-refractivity contribution in [2.24, 2.45) is 9.98 Å². The first kappa shape index (κ1) is 24.0. The number of aryl methyl sites for hydroxylation is 1. The fraction of sp³-hybridized carbons (Fsp3) is 0.192. The average Bonchev–Trinajstić information content (AvgIpc) is 3.50. The zero-order chi connectivity index (χ0) is 25.1. The lowest BCUT2D eigenvalue weighted by Gasteiger charge is -2.25. The molecular weight excluding hydrogens is 494 g/mol. The van der Waals surface area contributed by atoms with Crippen LogP contribution in [-0.2, 0) is 20.9 Å². The van der Waals surface area contributed by atoms with Gasteiger partial charge in [0, 0.05) is 16.1 Å². The molecule has 1 unspecified atom stereocenters. The number of rotatable bonds is 7. The summed E-state index contributed by atoms with van der Waals surface area (Å²) < 4.78 is 0. The molecule has 0 spiro atoms. The Hall–Kier alpha value is -3.76. The molecule has 0 aliphatic carbocycles. The highest BCUT2D eigenvalue weighted by Crippen LogP contribution is 2.34. The van der Waals surface area contributed by atoms with Gasteiger partial charge in [-0.3, -0.25) is 19.4 Å². The zero-order valence-corrected chi connectivity index (χ0v) is 21.1. The van der Waals surface area contributed by atoms with Gasteiger partial charge < -0.3 is 10.6 Å². The Balaban J connectivity index is 1.29. The molecule has 2 aromatic carbocycles. The summed E-state index contributed by atoms with van der Waals surface area (Å²) >= 11 is 2.72. The number of benzene rings is 2. The molecule has 0 bridgehead atoms. The number of aliphatic imine (C=N–C) groups is 2. The molecule has 2 aliphatic heterocycles. The molecule has 3 heterocycles. The van der Waals surface area contributed by atoms with Crippen LogP contribution in [-0.4, -0.2) is 45.4 Å². The number of hydrogen-bond donors (Lipinski definition) is 2. The number of hydrogen-bond acceptors (Lipinski definition) is 7. The molecule has 8 nitrogen and oxygen atoms in total. The first-order valence-electron chi connectivity index (χ1n) is 11.4. The fourth-order valence-electron chi connectivity index (χ4n) is 3.93. The Kier molecular flexibility index (Phi) is 6.97. The molecule has 5 rings (SSSR count). The molecule has 10 heteroatoms. The second kappa shape index (κ2) is 10.5. The van der Waals surface area contributed by atoms with E-state index in [1.165, 1.54) is 16.7 Å². The highest BCUT2D eigenvalue weighted by atomic mass is 32.2. The smallest absolute Gasteiger partial charge is 0.259 e. The summed E-state index contributed by atoms with van der Waals surface area (Å²) in [6, 6.07) is 18.0. The van der Waals surface area contributed by atoms with E-state index in [1.54, 1.807) is 11.3 Å². The largest absolute Gasteiger partial charge is 0.351 e. The summed E-state index contributed by atoms with van der Waals surface area (Å²) in [5.41, 5.74) is 3.15. The van der Waals surface area contributed by atoms with Crippen molar-refractivity contribution in [1.82, 2.24) is 10.2 Å². The molecule has 2 N–H and O–H groups in total. The molecule has 0 radical (unpaired) electrons. The van der Waals surface area contributed by atoms with Gasteiger partial charge in [-0.2, -0.15) is 0 Å². The first-order chi connectivity index (χ1) is 17.5. The van der Waals surface area contributed by atoms with Crippen molar-refractivity contribution >= 4 is 63.2 Å². The third-order valence-electron chi connectivity index (χ3n) is 5.60. The molecule has 3 amide bonds. The summed E-state index contributed by atoms with van der Waals surface area (Å²) in [4.78, 5) is 50.2. The number of amidine groups is 2. The van der Waals surface area contributed by atoms with Crippen molar-refractivity contribution < 1.29 is 14.4 Å². The number of nitrogens with one attached hydrogen (secondary N) is 2. The number of carbonyl (C=O) groups is 3. The van der Waals surface area contributed by atoms with Crippen molar-refractivity contribution in [3.63, 3.8) is 0 Å². The minimum absolute atomic E-state index is 0.0574. The topological polar surface area (TPSA) is 103 Å². The highest BCUT2D eigenvalue weighted by Gasteiger charge is 2.42. The number of amides is 3. The van der Waals surface area contributed by atoms with Gasteiger partial charge in [-0.15, -0.1) is 11.3 Å². The average molecular weight is 518 g/mol. The van der Waals surface area contributed by atoms with Crippen LogP contribution < -0.4 is 10.6 Å². The lowest BCUT2D eigenvalue weighted by atomic mass is 10.1. The van der Waals surface area contributed by atoms with E-state index in [9.17, 15) is 14.4 Å². The van der Waals surface area contributed by atoms with E-state index in [0.29, 0.717) is 28.9 Å². The van der Waals surface area contributed by atoms with Gasteiger partial charge in [-0.1, -0.05) is 42.1 Å². The number of nitrogens with zero attached hydrogens (tertiary/aromatic N) is 3. The molecule has 0 saturated carbocycles. The van der Waals surface area contributed by atoms with E-state index in [0.717, 1.165) is 16.0 Å². The van der Waals surface area contributed by atoms with Gasteiger partial charge in [0.05, 0.1) is 24.4 Å². The maximum absolute atomic E-state index is 13.3. The second-order valence-electron chi connectivity index (χ2n) is 8.32. The van der Waals surface area contributed by atoms with Crippen LogP contribution in [0.3, 0.4) is 0 Å². The maximum atomic E-state index is 13.3. The number of fused-ring (bicyclic) bond motifs is 3. The molecule has 1 atom stereocenters. The van der Waals surface area contributed by atoms with Crippen molar-refractivity contribution in [3.8, 4) is 0 Å². The molecule has 0 saturated heterocycles. The van der Waals surface area contributed by atoms with Crippen LogP contribution >= 0.6 is 23.1 Å². The van der Waals surface area contributed by atoms with Crippen LogP contribution in [0.1, 0.15) is 22.4 Å². The van der Waals surface area contributed by atoms with E-state index in [-0.39, 0.29) is 29.9 Å². The zero-order valence-electron chi connectivity index (χ0n) is 19.4. The number of thioether (sulfide) groups is 1. The van der Waals surface area contributed by atoms with Gasteiger partial charge in [0.2, 0.25) is 11.8 Å². The van der Waals surface area contributed by atoms with Gasteiger partial charge >= 0.3 is 0 Å². The summed E-state index contributed by atoms with van der Waals surface area (Å²) in [5, 5.41) is 8.05. The van der Waals surface area contributed by atoms with Crippen molar-refractivity contribution in [3.05, 3.63) is 82.0 Å². The van der Waals surface area contributed by atoms with Crippen LogP contribution in [0, 0.1) is 6.92 Å². The number of anilines is 1. The SMILES string of the molecule is Cc1cccc(NC(=O)CSC2=Nc3ccccc3C3=NC(CC(=O)NCc4cccs4)C(=O)N23)c1. The molecular formula is C26H23N5O3S2. The van der Waals surface area contributed by atoms with E-state index >= 15 is 0 Å². The fourth-order valence-corrected chi connectivity index (χ4v) is 5.37. The van der Waals surface area contributed by atoms with Gasteiger partial charge in [-0.05, 0) is 48.2 Å². The second-order valence-corrected chi connectivity index (χ2v) is 10.3. The Morgan fingerprint density at radius 3 is 2.75 bits per heavy atom. The predicted molar refractivity (Wildman–Crippen MR) is 144 cm³/mol. The molecule has 182 valence electrons. The minimum Gasteiger partial charge on any atom is -0.351 e. The van der Waals surface area contributed by atoms with Gasteiger partial charge in [-0.25, -0.2) is 9.89 Å². The lowest BCUT2D eigenvalue weighted by molar-refractivity contribution is -0.128. The molecule has 3 aromatic rings. The third kappa shape index (κ3) is 5.24. The van der Waals surface area contributed by atoms with Crippen molar-refractivity contribution in [2.45, 2.75) is 25.9 Å². The van der Waals surface area contributed by atoms with E-state index in [4.69, 9.17) is 0 Å². The van der Waals surface area contributed by atoms with E-state index in [2.05, 4.69) is 20.6 Å². The normalized spacial score (nSPS) is 16.1. The monoisotopic (exact) mass is 517 g/mol. The Labute approximate surface area is 216 Å². The number of carbonyl (C=O) groups excluding carboxylic acids is 3. The molecule has 1 aromatic heterocycles. The lowest BCUT2D eigenvalue weighted by Crippen LogP contribution is -2.42. The van der Waals surface area contributed by atoms with E-state index in [1.807, 2.05) is 73.0 Å². The third-order valence-corrected chi connectivity index (χ3v) is 7.42. The van der Waals surface area contributed by atoms with Gasteiger partial charge in [0.1, 0.15) is 11.9 Å². The minimum atomic E-state index is -0.846. The van der Waals surface area contributed by atoms with Crippen LogP contribution in [0.2, 0.25) is 0 Å². The Bertz CT molecular complexity index is 1380. The Morgan fingerprint density at radius 2 is 1.94 bits per heavy atom. The summed E-state index contributed by atoms with van der Waals surface area (Å²) in [6.07, 6.45) is -0.0574. The number of thiophene rings is 1. The van der Waals surface area contributed by atoms with Crippen LogP contribution in [0.15, 0.2) is 76.0 Å². The Morgan fingerprint density at radius 1 is 1.08 bits per heavy atom. The highest BCUT2D eigenvalue weighted by molar-refractivity contribution is 8.14. The molecule has 0 fully saturated rings. The summed E-state index contributed by atoms with van der Waals surface area (Å²) in [6.45, 7) is 2.37. The van der Waals surface area contributed by atoms with Gasteiger partial charge in [0.15, 0.2) is 5.17 Å². The van der Waals surface area contributed by atoms with Crippen LogP contribution in [0.4, 0.5) is 11.4 Å². The van der Waals surface area contributed by atoms with E-state index < -0.39 is 6.04 Å². The van der Waals surface area contributed by atoms with Crippen molar-refractivity contribution in [2.75, 3.05) is 11.1 Å². The van der Waals surface area contributed by atoms with Crippen molar-refractivity contribution in [1.29, 1.82) is 0 Å². The van der Waals surface area contributed by atoms with Crippen LogP contribution in [0.25, 0.3) is 0 Å². The number of para-hydroxylation sites is 1. The summed E-state index contributed by atoms with van der Waals surface area (Å²) in [7, 11) is 0. The first-order valence-corrected chi connectivity index (χ1v) is 13.2. The summed E-state index contributed by atoms with van der Waals surface area (Å²) in [5.74, 6) is -0.248. The van der Waals surface area contributed by atoms with Gasteiger partial charge in [0.25, 0.3) is 5.91 Å². The molecule has 2 aliphatic rings. The quantitative estimate of drug-likeness (QED) is 0.493. The standard InChI is InChI=1S/C26H23N5O3S2/c1-16-6-4-7-17(12-16)28-23(33)15-36-26-30-20-10-3-2-9-19(20)24-29-21(25(34)31(24)26)13-22(32)27-14-18-8-5-11-35-18/h2-12,21H,13-15H2,1H3,(H,27,32)(H,28,33). The molecule has 36 heavy (non-hydrogen) atoms.